The summed E-state index contributed by atoms with van der Waals surface area (Å²) in [7, 11) is 1.22. The lowest BCUT2D eigenvalue weighted by molar-refractivity contribution is -0.385. The third-order valence-corrected chi connectivity index (χ3v) is 4.61. The molecule has 1 aliphatic carbocycles. The maximum Gasteiger partial charge on any atom is 0.344 e. The molecule has 0 radical (unpaired) electrons. The lowest BCUT2D eigenvalue weighted by atomic mass is 10.1. The predicted molar refractivity (Wildman–Crippen MR) is 85.7 cm³/mol. The number of nitrogens with zero attached hydrogens (tertiary/aromatic N) is 2. The van der Waals surface area contributed by atoms with E-state index in [0.717, 1.165) is 19.0 Å². The van der Waals surface area contributed by atoms with Crippen molar-refractivity contribution in [3.05, 3.63) is 33.9 Å². The lowest BCUT2D eigenvalue weighted by Crippen LogP contribution is -2.31. The van der Waals surface area contributed by atoms with E-state index in [4.69, 9.17) is 0 Å². The summed E-state index contributed by atoms with van der Waals surface area (Å²) in [5, 5.41) is 14.4. The molecule has 0 amide bonds. The zero-order chi connectivity index (χ0) is 16.6. The quantitative estimate of drug-likeness (QED) is 0.510. The van der Waals surface area contributed by atoms with Crippen LogP contribution in [0.4, 0.5) is 11.4 Å². The molecule has 0 spiro atoms. The molecule has 7 heteroatoms. The molecule has 2 fully saturated rings. The Morgan fingerprint density at radius 1 is 1.43 bits per heavy atom. The van der Waals surface area contributed by atoms with Gasteiger partial charge in [0.2, 0.25) is 0 Å². The van der Waals surface area contributed by atoms with Gasteiger partial charge in [0.25, 0.3) is 5.69 Å². The number of carbonyl (C=O) groups excluding carboxylic acids is 1. The first-order chi connectivity index (χ1) is 11.0. The number of methoxy groups -OCH3 is 1. The van der Waals surface area contributed by atoms with Gasteiger partial charge in [0.1, 0.15) is 5.56 Å². The second-order valence-electron chi connectivity index (χ2n) is 6.33. The summed E-state index contributed by atoms with van der Waals surface area (Å²) >= 11 is 0. The van der Waals surface area contributed by atoms with E-state index in [9.17, 15) is 14.9 Å². The molecular formula is C16H21N3O4. The minimum atomic E-state index is -0.695. The van der Waals surface area contributed by atoms with Crippen molar-refractivity contribution in [2.24, 2.45) is 0 Å². The van der Waals surface area contributed by atoms with Crippen LogP contribution in [0, 0.1) is 10.1 Å². The third-order valence-electron chi connectivity index (χ3n) is 4.61. The molecule has 124 valence electrons. The van der Waals surface area contributed by atoms with E-state index >= 15 is 0 Å². The molecule has 0 bridgehead atoms. The molecule has 23 heavy (non-hydrogen) atoms. The number of rotatable bonds is 5. The molecule has 1 N–H and O–H groups in total. The average Bonchev–Trinajstić information content (AvgIpc) is 3.30. The van der Waals surface area contributed by atoms with Gasteiger partial charge >= 0.3 is 5.97 Å². The molecule has 1 aromatic rings. The van der Waals surface area contributed by atoms with Gasteiger partial charge in [0, 0.05) is 36.4 Å². The Morgan fingerprint density at radius 2 is 2.17 bits per heavy atom. The van der Waals surface area contributed by atoms with Crippen molar-refractivity contribution in [3.63, 3.8) is 0 Å². The number of ether oxygens (including phenoxy) is 1. The summed E-state index contributed by atoms with van der Waals surface area (Å²) in [5.74, 6) is -0.695. The Balaban J connectivity index is 1.75. The number of esters is 1. The van der Waals surface area contributed by atoms with Crippen molar-refractivity contribution < 1.29 is 14.5 Å². The van der Waals surface area contributed by atoms with E-state index in [0.29, 0.717) is 11.7 Å². The van der Waals surface area contributed by atoms with Crippen molar-refractivity contribution in [2.45, 2.75) is 44.3 Å². The molecule has 2 unspecified atom stereocenters. The number of nitrogens with one attached hydrogen (secondary N) is 1. The smallest absolute Gasteiger partial charge is 0.344 e. The van der Waals surface area contributed by atoms with E-state index in [1.54, 1.807) is 6.07 Å². The van der Waals surface area contributed by atoms with Crippen LogP contribution >= 0.6 is 0 Å². The molecule has 2 aliphatic rings. The average molecular weight is 319 g/mol. The Morgan fingerprint density at radius 3 is 2.78 bits per heavy atom. The van der Waals surface area contributed by atoms with E-state index in [2.05, 4.69) is 21.9 Å². The minimum absolute atomic E-state index is 0.0207. The van der Waals surface area contributed by atoms with Crippen LogP contribution in [-0.2, 0) is 4.74 Å². The summed E-state index contributed by atoms with van der Waals surface area (Å²) in [4.78, 5) is 24.8. The van der Waals surface area contributed by atoms with Crippen molar-refractivity contribution in [1.29, 1.82) is 0 Å². The highest BCUT2D eigenvalue weighted by atomic mass is 16.6. The van der Waals surface area contributed by atoms with Gasteiger partial charge < -0.3 is 10.1 Å². The van der Waals surface area contributed by atoms with Crippen LogP contribution < -0.4 is 5.32 Å². The van der Waals surface area contributed by atoms with E-state index in [1.165, 1.54) is 32.1 Å². The Hall–Kier alpha value is -2.15. The van der Waals surface area contributed by atoms with Crippen LogP contribution in [0.25, 0.3) is 0 Å². The number of nitro benzene ring substituents is 1. The van der Waals surface area contributed by atoms with E-state index in [1.807, 2.05) is 0 Å². The van der Waals surface area contributed by atoms with Crippen molar-refractivity contribution in [2.75, 3.05) is 19.0 Å². The number of hydrogen-bond donors (Lipinski definition) is 1. The molecule has 3 rings (SSSR count). The van der Waals surface area contributed by atoms with Gasteiger partial charge in [-0.1, -0.05) is 0 Å². The first kappa shape index (κ1) is 15.7. The number of benzene rings is 1. The van der Waals surface area contributed by atoms with Crippen molar-refractivity contribution >= 4 is 17.3 Å². The largest absolute Gasteiger partial charge is 0.465 e. The van der Waals surface area contributed by atoms with Gasteiger partial charge in [0.15, 0.2) is 0 Å². The molecule has 1 heterocycles. The number of carbonyl (C=O) groups is 1. The van der Waals surface area contributed by atoms with Crippen LogP contribution in [0.2, 0.25) is 0 Å². The van der Waals surface area contributed by atoms with Gasteiger partial charge in [0.05, 0.1) is 12.0 Å². The van der Waals surface area contributed by atoms with Crippen molar-refractivity contribution in [1.82, 2.24) is 4.90 Å². The monoisotopic (exact) mass is 319 g/mol. The molecule has 1 saturated carbocycles. The predicted octanol–water partition coefficient (Wildman–Crippen LogP) is 2.42. The highest BCUT2D eigenvalue weighted by molar-refractivity contribution is 5.95. The molecule has 2 atom stereocenters. The third kappa shape index (κ3) is 3.29. The zero-order valence-corrected chi connectivity index (χ0v) is 13.3. The second-order valence-corrected chi connectivity index (χ2v) is 6.33. The SMILES string of the molecule is COC(=O)c1cc(NC2CC(C)N(C3CC3)C2)ccc1[N+](=O)[O-]. The molecule has 0 aromatic heterocycles. The number of hydrogen-bond acceptors (Lipinski definition) is 6. The summed E-state index contributed by atoms with van der Waals surface area (Å²) in [5.41, 5.74) is 0.459. The number of nitro groups is 1. The highest BCUT2D eigenvalue weighted by Crippen LogP contribution is 2.34. The van der Waals surface area contributed by atoms with Crippen molar-refractivity contribution in [3.8, 4) is 0 Å². The maximum atomic E-state index is 11.8. The summed E-state index contributed by atoms with van der Waals surface area (Å²) < 4.78 is 4.65. The minimum Gasteiger partial charge on any atom is -0.465 e. The first-order valence-corrected chi connectivity index (χ1v) is 7.88. The Bertz CT molecular complexity index is 630. The van der Waals surface area contributed by atoms with Crippen LogP contribution in [0.3, 0.4) is 0 Å². The van der Waals surface area contributed by atoms with Crippen LogP contribution in [0.15, 0.2) is 18.2 Å². The number of anilines is 1. The zero-order valence-electron chi connectivity index (χ0n) is 13.3. The molecule has 7 nitrogen and oxygen atoms in total. The summed E-state index contributed by atoms with van der Waals surface area (Å²) in [6.07, 6.45) is 3.59. The first-order valence-electron chi connectivity index (χ1n) is 7.88. The van der Waals surface area contributed by atoms with Crippen LogP contribution in [0.1, 0.15) is 36.5 Å². The maximum absolute atomic E-state index is 11.8. The van der Waals surface area contributed by atoms with Crippen LogP contribution in [0.5, 0.6) is 0 Å². The van der Waals surface area contributed by atoms with Gasteiger partial charge in [-0.25, -0.2) is 4.79 Å². The van der Waals surface area contributed by atoms with Crippen LogP contribution in [-0.4, -0.2) is 47.6 Å². The Labute approximate surface area is 134 Å². The van der Waals surface area contributed by atoms with Gasteiger partial charge in [-0.3, -0.25) is 15.0 Å². The Kier molecular flexibility index (Phi) is 4.21. The molecule has 1 aliphatic heterocycles. The van der Waals surface area contributed by atoms with Gasteiger partial charge in [-0.05, 0) is 38.3 Å². The molecule has 1 saturated heterocycles. The second kappa shape index (κ2) is 6.16. The standard InChI is InChI=1S/C16H21N3O4/c1-10-7-12(9-18(10)13-4-5-13)17-11-3-6-15(19(21)22)14(8-11)16(20)23-2/h3,6,8,10,12-13,17H,4-5,7,9H2,1-2H3. The topological polar surface area (TPSA) is 84.7 Å². The fourth-order valence-electron chi connectivity index (χ4n) is 3.37. The lowest BCUT2D eigenvalue weighted by Gasteiger charge is -2.20. The highest BCUT2D eigenvalue weighted by Gasteiger charge is 2.38. The molecule has 1 aromatic carbocycles. The van der Waals surface area contributed by atoms with Gasteiger partial charge in [-0.15, -0.1) is 0 Å². The fraction of sp³-hybridized carbons (Fsp3) is 0.562. The summed E-state index contributed by atoms with van der Waals surface area (Å²) in [6, 6.07) is 6.06. The number of likely N-dealkylation sites (tertiary alicyclic amines) is 1. The van der Waals surface area contributed by atoms with Gasteiger partial charge in [-0.2, -0.15) is 0 Å². The van der Waals surface area contributed by atoms with E-state index in [-0.39, 0.29) is 17.3 Å². The summed E-state index contributed by atoms with van der Waals surface area (Å²) in [6.45, 7) is 3.20. The normalized spacial score (nSPS) is 24.4. The molecular weight excluding hydrogens is 298 g/mol. The van der Waals surface area contributed by atoms with E-state index < -0.39 is 10.9 Å². The fourth-order valence-corrected chi connectivity index (χ4v) is 3.37.